The number of nitrogens with one attached hydrogen (secondary N) is 2. The van der Waals surface area contributed by atoms with Crippen LogP contribution in [-0.4, -0.2) is 19.0 Å². The SMILES string of the molecule is CC1(C(=O)NCc2ccsc2)CCCNC1.Cl. The summed E-state index contributed by atoms with van der Waals surface area (Å²) in [6.45, 7) is 4.52. The molecule has 17 heavy (non-hydrogen) atoms. The first-order chi connectivity index (χ1) is 7.71. The largest absolute Gasteiger partial charge is 0.351 e. The second-order valence-electron chi connectivity index (χ2n) is 4.66. The smallest absolute Gasteiger partial charge is 0.227 e. The Kier molecular flexibility index (Phi) is 5.43. The summed E-state index contributed by atoms with van der Waals surface area (Å²) in [4.78, 5) is 12.1. The molecule has 2 N–H and O–H groups in total. The summed E-state index contributed by atoms with van der Waals surface area (Å²) in [5.74, 6) is 0.172. The third-order valence-electron chi connectivity index (χ3n) is 3.18. The second-order valence-corrected chi connectivity index (χ2v) is 5.44. The molecular weight excluding hydrogens is 256 g/mol. The van der Waals surface area contributed by atoms with Crippen LogP contribution in [0.25, 0.3) is 0 Å². The number of hydrogen-bond donors (Lipinski definition) is 2. The minimum absolute atomic E-state index is 0. The van der Waals surface area contributed by atoms with Gasteiger partial charge in [0.25, 0.3) is 0 Å². The van der Waals surface area contributed by atoms with Gasteiger partial charge in [0.1, 0.15) is 0 Å². The van der Waals surface area contributed by atoms with Crippen LogP contribution in [0, 0.1) is 5.41 Å². The van der Waals surface area contributed by atoms with E-state index in [9.17, 15) is 4.79 Å². The Morgan fingerprint density at radius 2 is 2.47 bits per heavy atom. The summed E-state index contributed by atoms with van der Waals surface area (Å²) >= 11 is 1.66. The van der Waals surface area contributed by atoms with E-state index in [4.69, 9.17) is 0 Å². The summed E-state index contributed by atoms with van der Waals surface area (Å²) in [5, 5.41) is 10.4. The van der Waals surface area contributed by atoms with Crippen LogP contribution in [0.5, 0.6) is 0 Å². The van der Waals surface area contributed by atoms with E-state index in [-0.39, 0.29) is 23.7 Å². The zero-order chi connectivity index (χ0) is 11.4. The van der Waals surface area contributed by atoms with Gasteiger partial charge in [0.2, 0.25) is 5.91 Å². The van der Waals surface area contributed by atoms with Crippen LogP contribution >= 0.6 is 23.7 Å². The molecule has 1 unspecified atom stereocenters. The van der Waals surface area contributed by atoms with Gasteiger partial charge in [0, 0.05) is 13.1 Å². The Balaban J connectivity index is 0.00000144. The lowest BCUT2D eigenvalue weighted by Crippen LogP contribution is -2.48. The maximum atomic E-state index is 12.1. The minimum atomic E-state index is -0.228. The van der Waals surface area contributed by atoms with Gasteiger partial charge in [-0.15, -0.1) is 12.4 Å². The van der Waals surface area contributed by atoms with Crippen LogP contribution in [0.3, 0.4) is 0 Å². The molecule has 2 rings (SSSR count). The molecule has 0 saturated carbocycles. The Bertz CT molecular complexity index is 347. The lowest BCUT2D eigenvalue weighted by molar-refractivity contribution is -0.131. The van der Waals surface area contributed by atoms with Gasteiger partial charge < -0.3 is 10.6 Å². The number of rotatable bonds is 3. The average molecular weight is 275 g/mol. The molecule has 0 bridgehead atoms. The molecule has 3 nitrogen and oxygen atoms in total. The lowest BCUT2D eigenvalue weighted by Gasteiger charge is -2.32. The van der Waals surface area contributed by atoms with Crippen molar-refractivity contribution < 1.29 is 4.79 Å². The number of carbonyl (C=O) groups excluding carboxylic acids is 1. The molecule has 1 atom stereocenters. The standard InChI is InChI=1S/C12H18N2OS.ClH/c1-12(4-2-5-13-9-12)11(15)14-7-10-3-6-16-8-10;/h3,6,8,13H,2,4-5,7,9H2,1H3,(H,14,15);1H. The van der Waals surface area contributed by atoms with Crippen molar-refractivity contribution in [1.82, 2.24) is 10.6 Å². The molecule has 1 aliphatic heterocycles. The maximum Gasteiger partial charge on any atom is 0.227 e. The molecule has 0 spiro atoms. The van der Waals surface area contributed by atoms with Gasteiger partial charge in [-0.2, -0.15) is 11.3 Å². The van der Waals surface area contributed by atoms with E-state index in [1.807, 2.05) is 18.4 Å². The Morgan fingerprint density at radius 1 is 1.65 bits per heavy atom. The van der Waals surface area contributed by atoms with Gasteiger partial charge in [-0.25, -0.2) is 0 Å². The molecule has 0 aliphatic carbocycles. The van der Waals surface area contributed by atoms with E-state index in [0.29, 0.717) is 6.54 Å². The van der Waals surface area contributed by atoms with Crippen LogP contribution in [0.15, 0.2) is 16.8 Å². The van der Waals surface area contributed by atoms with Gasteiger partial charge in [-0.05, 0) is 48.7 Å². The van der Waals surface area contributed by atoms with Gasteiger partial charge >= 0.3 is 0 Å². The minimum Gasteiger partial charge on any atom is -0.351 e. The molecule has 5 heteroatoms. The fourth-order valence-corrected chi connectivity index (χ4v) is 2.71. The highest BCUT2D eigenvalue weighted by atomic mass is 35.5. The predicted molar refractivity (Wildman–Crippen MR) is 73.6 cm³/mol. The molecule has 2 heterocycles. The average Bonchev–Trinajstić information content (AvgIpc) is 2.79. The second kappa shape index (κ2) is 6.38. The molecule has 1 aromatic rings. The van der Waals surface area contributed by atoms with Crippen molar-refractivity contribution >= 4 is 29.7 Å². The van der Waals surface area contributed by atoms with Gasteiger partial charge in [-0.3, -0.25) is 4.79 Å². The quantitative estimate of drug-likeness (QED) is 0.887. The summed E-state index contributed by atoms with van der Waals surface area (Å²) in [7, 11) is 0. The van der Waals surface area contributed by atoms with Crippen molar-refractivity contribution in [3.63, 3.8) is 0 Å². The number of halogens is 1. The van der Waals surface area contributed by atoms with Gasteiger partial charge in [0.15, 0.2) is 0 Å². The van der Waals surface area contributed by atoms with Crippen molar-refractivity contribution in [3.8, 4) is 0 Å². The zero-order valence-corrected chi connectivity index (χ0v) is 11.6. The highest BCUT2D eigenvalue weighted by molar-refractivity contribution is 7.07. The summed E-state index contributed by atoms with van der Waals surface area (Å²) in [5.41, 5.74) is 0.958. The van der Waals surface area contributed by atoms with E-state index < -0.39 is 0 Å². The molecule has 96 valence electrons. The van der Waals surface area contributed by atoms with Gasteiger partial charge in [-0.1, -0.05) is 0 Å². The van der Waals surface area contributed by atoms with E-state index in [0.717, 1.165) is 25.9 Å². The summed E-state index contributed by atoms with van der Waals surface area (Å²) in [6.07, 6.45) is 2.07. The summed E-state index contributed by atoms with van der Waals surface area (Å²) in [6, 6.07) is 2.05. The maximum absolute atomic E-state index is 12.1. The first-order valence-corrected chi connectivity index (χ1v) is 6.65. The van der Waals surface area contributed by atoms with Crippen LogP contribution in [-0.2, 0) is 11.3 Å². The third-order valence-corrected chi connectivity index (χ3v) is 3.91. The molecular formula is C12H19ClN2OS. The number of amides is 1. The van der Waals surface area contributed by atoms with Crippen molar-refractivity contribution in [3.05, 3.63) is 22.4 Å². The Morgan fingerprint density at radius 3 is 3.06 bits per heavy atom. The number of thiophene rings is 1. The molecule has 1 fully saturated rings. The molecule has 1 amide bonds. The van der Waals surface area contributed by atoms with Crippen LogP contribution in [0.2, 0.25) is 0 Å². The number of carbonyl (C=O) groups is 1. The number of piperidine rings is 1. The Hall–Kier alpha value is -0.580. The Labute approximate surface area is 112 Å². The van der Waals surface area contributed by atoms with Crippen molar-refractivity contribution in [2.45, 2.75) is 26.3 Å². The van der Waals surface area contributed by atoms with Gasteiger partial charge in [0.05, 0.1) is 5.41 Å². The monoisotopic (exact) mass is 274 g/mol. The highest BCUT2D eigenvalue weighted by Crippen LogP contribution is 2.25. The highest BCUT2D eigenvalue weighted by Gasteiger charge is 2.34. The van der Waals surface area contributed by atoms with E-state index in [2.05, 4.69) is 16.0 Å². The van der Waals surface area contributed by atoms with Crippen molar-refractivity contribution in [2.75, 3.05) is 13.1 Å². The van der Waals surface area contributed by atoms with Crippen molar-refractivity contribution in [1.29, 1.82) is 0 Å². The van der Waals surface area contributed by atoms with E-state index in [1.54, 1.807) is 11.3 Å². The first-order valence-electron chi connectivity index (χ1n) is 5.71. The molecule has 1 aromatic heterocycles. The van der Waals surface area contributed by atoms with Crippen molar-refractivity contribution in [2.24, 2.45) is 5.41 Å². The third kappa shape index (κ3) is 3.69. The van der Waals surface area contributed by atoms with Crippen LogP contribution < -0.4 is 10.6 Å². The molecule has 0 radical (unpaired) electrons. The molecule has 1 aliphatic rings. The van der Waals surface area contributed by atoms with E-state index in [1.165, 1.54) is 5.56 Å². The fraction of sp³-hybridized carbons (Fsp3) is 0.583. The molecule has 0 aromatic carbocycles. The van der Waals surface area contributed by atoms with Crippen LogP contribution in [0.1, 0.15) is 25.3 Å². The zero-order valence-electron chi connectivity index (χ0n) is 9.99. The normalized spacial score (nSPS) is 23.8. The topological polar surface area (TPSA) is 41.1 Å². The lowest BCUT2D eigenvalue weighted by atomic mass is 9.82. The summed E-state index contributed by atoms with van der Waals surface area (Å²) < 4.78 is 0. The predicted octanol–water partition coefficient (Wildman–Crippen LogP) is 2.18. The van der Waals surface area contributed by atoms with Crippen LogP contribution in [0.4, 0.5) is 0 Å². The van der Waals surface area contributed by atoms with E-state index >= 15 is 0 Å². The number of hydrogen-bond acceptors (Lipinski definition) is 3. The molecule has 1 saturated heterocycles. The first kappa shape index (κ1) is 14.5. The fourth-order valence-electron chi connectivity index (χ4n) is 2.04.